The van der Waals surface area contributed by atoms with E-state index < -0.39 is 0 Å². The summed E-state index contributed by atoms with van der Waals surface area (Å²) in [6.45, 7) is 2.84. The topological polar surface area (TPSA) is 53.6 Å². The highest BCUT2D eigenvalue weighted by atomic mass is 16.5. The van der Waals surface area contributed by atoms with Crippen molar-refractivity contribution in [2.75, 3.05) is 39.6 Å². The van der Waals surface area contributed by atoms with Crippen molar-refractivity contribution in [2.24, 2.45) is 0 Å². The first-order valence-electron chi connectivity index (χ1n) is 8.48. The molecule has 2 rings (SSSR count). The molecule has 0 radical (unpaired) electrons. The van der Waals surface area contributed by atoms with Gasteiger partial charge in [-0.3, -0.25) is 4.79 Å². The summed E-state index contributed by atoms with van der Waals surface area (Å²) in [6.07, 6.45) is 1.11. The minimum absolute atomic E-state index is 0.126. The van der Waals surface area contributed by atoms with Gasteiger partial charge in [-0.1, -0.05) is 12.1 Å². The molecule has 2 aromatic carbocycles. The minimum atomic E-state index is -0.126. The number of rotatable bonds is 9. The summed E-state index contributed by atoms with van der Waals surface area (Å²) in [5, 5.41) is 6.37. The van der Waals surface area contributed by atoms with Gasteiger partial charge in [0.1, 0.15) is 5.75 Å². The first-order valence-corrected chi connectivity index (χ1v) is 8.48. The van der Waals surface area contributed by atoms with Gasteiger partial charge in [0.05, 0.1) is 7.11 Å². The van der Waals surface area contributed by atoms with Crippen molar-refractivity contribution in [3.63, 3.8) is 0 Å². The molecular weight excluding hydrogens is 314 g/mol. The van der Waals surface area contributed by atoms with Crippen molar-refractivity contribution < 1.29 is 9.53 Å². The van der Waals surface area contributed by atoms with Crippen LogP contribution in [0.2, 0.25) is 0 Å². The number of nitrogens with zero attached hydrogens (tertiary/aromatic N) is 1. The van der Waals surface area contributed by atoms with Gasteiger partial charge in [0.15, 0.2) is 0 Å². The molecule has 1 amide bonds. The highest BCUT2D eigenvalue weighted by Crippen LogP contribution is 2.15. The highest BCUT2D eigenvalue weighted by Gasteiger charge is 2.06. The maximum atomic E-state index is 12.3. The highest BCUT2D eigenvalue weighted by molar-refractivity contribution is 6.04. The third kappa shape index (κ3) is 6.57. The molecule has 2 N–H and O–H groups in total. The fourth-order valence-electron chi connectivity index (χ4n) is 2.46. The number of amides is 1. The molecule has 0 fully saturated rings. The number of hydrogen-bond donors (Lipinski definition) is 2. The molecule has 0 spiro atoms. The zero-order valence-electron chi connectivity index (χ0n) is 15.2. The molecular formula is C20H27N3O2. The average Bonchev–Trinajstić information content (AvgIpc) is 2.61. The Bertz CT molecular complexity index is 669. The van der Waals surface area contributed by atoms with Crippen molar-refractivity contribution in [1.82, 2.24) is 10.2 Å². The number of hydrogen-bond acceptors (Lipinski definition) is 4. The normalized spacial score (nSPS) is 10.7. The first-order chi connectivity index (χ1) is 12.1. The molecule has 0 saturated heterocycles. The summed E-state index contributed by atoms with van der Waals surface area (Å²) in [5.41, 5.74) is 2.55. The standard InChI is InChI=1S/C20H27N3O2/c1-23(2)13-5-12-21-15-16-6-4-7-18(14-16)22-20(24)17-8-10-19(25-3)11-9-17/h4,6-11,14,21H,5,12-13,15H2,1-3H3,(H,22,24). The van der Waals surface area contributed by atoms with Crippen molar-refractivity contribution in [1.29, 1.82) is 0 Å². The van der Waals surface area contributed by atoms with Crippen LogP contribution in [0.3, 0.4) is 0 Å². The van der Waals surface area contributed by atoms with E-state index in [2.05, 4.69) is 35.7 Å². The molecule has 5 nitrogen and oxygen atoms in total. The van der Waals surface area contributed by atoms with E-state index in [0.29, 0.717) is 5.56 Å². The van der Waals surface area contributed by atoms with E-state index in [1.165, 1.54) is 0 Å². The molecule has 0 bridgehead atoms. The van der Waals surface area contributed by atoms with Crippen LogP contribution < -0.4 is 15.4 Å². The van der Waals surface area contributed by atoms with Crippen LogP contribution in [-0.4, -0.2) is 45.1 Å². The fraction of sp³-hybridized carbons (Fsp3) is 0.350. The minimum Gasteiger partial charge on any atom is -0.497 e. The summed E-state index contributed by atoms with van der Waals surface area (Å²) in [6, 6.07) is 15.0. The molecule has 0 aromatic heterocycles. The molecule has 5 heteroatoms. The lowest BCUT2D eigenvalue weighted by atomic mass is 10.1. The quantitative estimate of drug-likeness (QED) is 0.689. The second kappa shape index (κ2) is 9.81. The molecule has 134 valence electrons. The monoisotopic (exact) mass is 341 g/mol. The Morgan fingerprint density at radius 1 is 1.12 bits per heavy atom. The van der Waals surface area contributed by atoms with Gasteiger partial charge in [-0.25, -0.2) is 0 Å². The Kier molecular flexibility index (Phi) is 7.44. The molecule has 2 aromatic rings. The second-order valence-corrected chi connectivity index (χ2v) is 6.22. The number of ether oxygens (including phenoxy) is 1. The van der Waals surface area contributed by atoms with E-state index in [0.717, 1.165) is 43.1 Å². The smallest absolute Gasteiger partial charge is 0.255 e. The van der Waals surface area contributed by atoms with E-state index in [1.54, 1.807) is 31.4 Å². The van der Waals surface area contributed by atoms with Gasteiger partial charge < -0.3 is 20.3 Å². The van der Waals surface area contributed by atoms with Gasteiger partial charge in [0.2, 0.25) is 0 Å². The first kappa shape index (κ1) is 19.0. The Labute approximate surface area is 150 Å². The lowest BCUT2D eigenvalue weighted by Crippen LogP contribution is -2.21. The number of anilines is 1. The van der Waals surface area contributed by atoms with E-state index in [1.807, 2.05) is 18.2 Å². The largest absolute Gasteiger partial charge is 0.497 e. The fourth-order valence-corrected chi connectivity index (χ4v) is 2.46. The molecule has 0 aliphatic heterocycles. The van der Waals surface area contributed by atoms with Crippen LogP contribution in [0.1, 0.15) is 22.3 Å². The zero-order chi connectivity index (χ0) is 18.1. The van der Waals surface area contributed by atoms with Crippen LogP contribution in [0.15, 0.2) is 48.5 Å². The van der Waals surface area contributed by atoms with Crippen molar-refractivity contribution >= 4 is 11.6 Å². The summed E-state index contributed by atoms with van der Waals surface area (Å²) in [7, 11) is 5.76. The van der Waals surface area contributed by atoms with Gasteiger partial charge in [-0.2, -0.15) is 0 Å². The number of benzene rings is 2. The molecule has 0 heterocycles. The third-order valence-corrected chi connectivity index (χ3v) is 3.83. The molecule has 0 aliphatic carbocycles. The Morgan fingerprint density at radius 3 is 2.56 bits per heavy atom. The maximum absolute atomic E-state index is 12.3. The van der Waals surface area contributed by atoms with Crippen LogP contribution in [0, 0.1) is 0 Å². The van der Waals surface area contributed by atoms with E-state index in [-0.39, 0.29) is 5.91 Å². The number of carbonyl (C=O) groups is 1. The predicted molar refractivity (Wildman–Crippen MR) is 102 cm³/mol. The van der Waals surface area contributed by atoms with E-state index >= 15 is 0 Å². The Hall–Kier alpha value is -2.37. The number of carbonyl (C=O) groups excluding carboxylic acids is 1. The second-order valence-electron chi connectivity index (χ2n) is 6.22. The zero-order valence-corrected chi connectivity index (χ0v) is 15.2. The Morgan fingerprint density at radius 2 is 1.88 bits per heavy atom. The third-order valence-electron chi connectivity index (χ3n) is 3.83. The molecule has 0 aliphatic rings. The molecule has 0 saturated carbocycles. The summed E-state index contributed by atoms with van der Waals surface area (Å²) in [4.78, 5) is 14.5. The lowest BCUT2D eigenvalue weighted by molar-refractivity contribution is 0.102. The lowest BCUT2D eigenvalue weighted by Gasteiger charge is -2.11. The van der Waals surface area contributed by atoms with Crippen molar-refractivity contribution in [2.45, 2.75) is 13.0 Å². The SMILES string of the molecule is COc1ccc(C(=O)Nc2cccc(CNCCCN(C)C)c2)cc1. The Balaban J connectivity index is 1.86. The van der Waals surface area contributed by atoms with Crippen molar-refractivity contribution in [3.8, 4) is 5.75 Å². The summed E-state index contributed by atoms with van der Waals surface area (Å²) in [5.74, 6) is 0.609. The number of nitrogens with one attached hydrogen (secondary N) is 2. The molecule has 0 unspecified atom stereocenters. The van der Waals surface area contributed by atoms with Gasteiger partial charge >= 0.3 is 0 Å². The molecule has 25 heavy (non-hydrogen) atoms. The van der Waals surface area contributed by atoms with Crippen LogP contribution >= 0.6 is 0 Å². The predicted octanol–water partition coefficient (Wildman–Crippen LogP) is 2.99. The van der Waals surface area contributed by atoms with E-state index in [4.69, 9.17) is 4.74 Å². The summed E-state index contributed by atoms with van der Waals surface area (Å²) < 4.78 is 5.11. The van der Waals surface area contributed by atoms with Crippen LogP contribution in [0.4, 0.5) is 5.69 Å². The van der Waals surface area contributed by atoms with Gasteiger partial charge in [0.25, 0.3) is 5.91 Å². The number of methoxy groups -OCH3 is 1. The maximum Gasteiger partial charge on any atom is 0.255 e. The van der Waals surface area contributed by atoms with Crippen LogP contribution in [0.25, 0.3) is 0 Å². The van der Waals surface area contributed by atoms with Gasteiger partial charge in [0, 0.05) is 17.8 Å². The van der Waals surface area contributed by atoms with Crippen LogP contribution in [0.5, 0.6) is 5.75 Å². The molecule has 0 atom stereocenters. The van der Waals surface area contributed by atoms with Crippen LogP contribution in [-0.2, 0) is 6.54 Å². The average molecular weight is 341 g/mol. The van der Waals surface area contributed by atoms with E-state index in [9.17, 15) is 4.79 Å². The summed E-state index contributed by atoms with van der Waals surface area (Å²) >= 11 is 0. The van der Waals surface area contributed by atoms with Crippen molar-refractivity contribution in [3.05, 3.63) is 59.7 Å². The van der Waals surface area contributed by atoms with Gasteiger partial charge in [-0.15, -0.1) is 0 Å². The van der Waals surface area contributed by atoms with Gasteiger partial charge in [-0.05, 0) is 75.6 Å².